The molecule has 0 saturated carbocycles. The van der Waals surface area contributed by atoms with Crippen molar-refractivity contribution in [1.29, 1.82) is 0 Å². The molecule has 0 aromatic rings. The molecule has 0 aliphatic carbocycles. The lowest BCUT2D eigenvalue weighted by Gasteiger charge is -2.35. The molecule has 2 fully saturated rings. The number of alkyl halides is 1. The topological polar surface area (TPSA) is 29.5 Å². The number of amides is 1. The minimum atomic E-state index is 0.0530. The Morgan fingerprint density at radius 2 is 2.12 bits per heavy atom. The predicted molar refractivity (Wildman–Crippen MR) is 63.5 cm³/mol. The van der Waals surface area contributed by atoms with Crippen LogP contribution >= 0.6 is 11.6 Å². The fraction of sp³-hybridized carbons (Fsp3) is 0.917. The molecular weight excluding hydrogens is 226 g/mol. The first-order valence-electron chi connectivity index (χ1n) is 6.14. The molecule has 2 heterocycles. The third kappa shape index (κ3) is 2.35. The first-order valence-corrected chi connectivity index (χ1v) is 6.57. The van der Waals surface area contributed by atoms with Gasteiger partial charge in [0.2, 0.25) is 5.91 Å². The van der Waals surface area contributed by atoms with Crippen molar-refractivity contribution in [1.82, 2.24) is 4.90 Å². The van der Waals surface area contributed by atoms with E-state index in [2.05, 4.69) is 6.92 Å². The normalized spacial score (nSPS) is 40.1. The summed E-state index contributed by atoms with van der Waals surface area (Å²) in [7, 11) is 0. The molecule has 0 spiro atoms. The Morgan fingerprint density at radius 3 is 2.69 bits per heavy atom. The summed E-state index contributed by atoms with van der Waals surface area (Å²) in [5, 5.41) is 0.107. The minimum absolute atomic E-state index is 0.0530. The lowest BCUT2D eigenvalue weighted by molar-refractivity contribution is -0.138. The van der Waals surface area contributed by atoms with E-state index in [-0.39, 0.29) is 23.3 Å². The Balaban J connectivity index is 1.95. The van der Waals surface area contributed by atoms with Gasteiger partial charge in [-0.3, -0.25) is 4.79 Å². The maximum atomic E-state index is 12.3. The summed E-state index contributed by atoms with van der Waals surface area (Å²) in [6, 6.07) is 0. The highest BCUT2D eigenvalue weighted by Crippen LogP contribution is 2.27. The fourth-order valence-corrected chi connectivity index (χ4v) is 2.81. The number of ether oxygens (including phenoxy) is 1. The highest BCUT2D eigenvalue weighted by atomic mass is 35.5. The molecule has 4 heteroatoms. The van der Waals surface area contributed by atoms with Crippen LogP contribution in [0.2, 0.25) is 0 Å². The zero-order chi connectivity index (χ0) is 11.7. The molecule has 2 saturated heterocycles. The van der Waals surface area contributed by atoms with E-state index in [0.717, 1.165) is 19.4 Å². The van der Waals surface area contributed by atoms with E-state index >= 15 is 0 Å². The first-order chi connectivity index (χ1) is 7.59. The van der Waals surface area contributed by atoms with E-state index < -0.39 is 0 Å². The molecule has 2 aliphatic rings. The third-order valence-corrected chi connectivity index (χ3v) is 4.44. The molecule has 0 N–H and O–H groups in total. The average Bonchev–Trinajstić information content (AvgIpc) is 2.67. The second-order valence-corrected chi connectivity index (χ2v) is 5.60. The molecule has 1 amide bonds. The SMILES string of the molecule is CC1CCN(C(=O)C2CCOC2C)CC1Cl. The van der Waals surface area contributed by atoms with Crippen molar-refractivity contribution in [3.05, 3.63) is 0 Å². The number of nitrogens with zero attached hydrogens (tertiary/aromatic N) is 1. The van der Waals surface area contributed by atoms with Crippen LogP contribution in [0.5, 0.6) is 0 Å². The molecule has 3 nitrogen and oxygen atoms in total. The van der Waals surface area contributed by atoms with Crippen molar-refractivity contribution >= 4 is 17.5 Å². The Labute approximate surface area is 102 Å². The van der Waals surface area contributed by atoms with Crippen LogP contribution < -0.4 is 0 Å². The van der Waals surface area contributed by atoms with Gasteiger partial charge in [-0.2, -0.15) is 0 Å². The third-order valence-electron chi connectivity index (χ3n) is 3.87. The van der Waals surface area contributed by atoms with Crippen LogP contribution in [0, 0.1) is 11.8 Å². The van der Waals surface area contributed by atoms with Crippen LogP contribution in [-0.4, -0.2) is 42.0 Å². The molecule has 0 radical (unpaired) electrons. The molecule has 0 bridgehead atoms. The fourth-order valence-electron chi connectivity index (χ4n) is 2.51. The quantitative estimate of drug-likeness (QED) is 0.661. The van der Waals surface area contributed by atoms with Gasteiger partial charge in [-0.25, -0.2) is 0 Å². The molecule has 92 valence electrons. The van der Waals surface area contributed by atoms with Gasteiger partial charge in [0, 0.05) is 19.7 Å². The van der Waals surface area contributed by atoms with E-state index in [1.807, 2.05) is 11.8 Å². The molecule has 16 heavy (non-hydrogen) atoms. The van der Waals surface area contributed by atoms with Crippen LogP contribution in [0.4, 0.5) is 0 Å². The Hall–Kier alpha value is -0.280. The monoisotopic (exact) mass is 245 g/mol. The van der Waals surface area contributed by atoms with Gasteiger partial charge in [-0.15, -0.1) is 11.6 Å². The van der Waals surface area contributed by atoms with Crippen molar-refractivity contribution in [2.75, 3.05) is 19.7 Å². The number of piperidine rings is 1. The average molecular weight is 246 g/mol. The van der Waals surface area contributed by atoms with Crippen LogP contribution in [0.25, 0.3) is 0 Å². The zero-order valence-corrected chi connectivity index (χ0v) is 10.7. The summed E-state index contributed by atoms with van der Waals surface area (Å²) in [5.41, 5.74) is 0. The van der Waals surface area contributed by atoms with Crippen molar-refractivity contribution in [3.8, 4) is 0 Å². The van der Waals surface area contributed by atoms with Gasteiger partial charge < -0.3 is 9.64 Å². The van der Waals surface area contributed by atoms with E-state index in [1.54, 1.807) is 0 Å². The maximum absolute atomic E-state index is 12.3. The molecule has 2 rings (SSSR count). The van der Waals surface area contributed by atoms with E-state index in [0.29, 0.717) is 19.1 Å². The summed E-state index contributed by atoms with van der Waals surface area (Å²) in [6.07, 6.45) is 1.95. The Morgan fingerprint density at radius 1 is 1.38 bits per heavy atom. The van der Waals surface area contributed by atoms with E-state index in [9.17, 15) is 4.79 Å². The number of likely N-dealkylation sites (tertiary alicyclic amines) is 1. The lowest BCUT2D eigenvalue weighted by Crippen LogP contribution is -2.47. The number of halogens is 1. The van der Waals surface area contributed by atoms with Gasteiger partial charge in [0.1, 0.15) is 0 Å². The highest BCUT2D eigenvalue weighted by Gasteiger charge is 2.36. The second-order valence-electron chi connectivity index (χ2n) is 5.04. The molecule has 4 unspecified atom stereocenters. The summed E-state index contributed by atoms with van der Waals surface area (Å²) in [4.78, 5) is 14.2. The van der Waals surface area contributed by atoms with Crippen LogP contribution in [0.1, 0.15) is 26.7 Å². The predicted octanol–water partition coefficient (Wildman–Crippen LogP) is 1.89. The summed E-state index contributed by atoms with van der Waals surface area (Å²) >= 11 is 6.22. The van der Waals surface area contributed by atoms with Gasteiger partial charge in [-0.05, 0) is 25.7 Å². The number of hydrogen-bond donors (Lipinski definition) is 0. The van der Waals surface area contributed by atoms with Gasteiger partial charge in [-0.1, -0.05) is 6.92 Å². The van der Waals surface area contributed by atoms with Crippen molar-refractivity contribution in [2.45, 2.75) is 38.2 Å². The molecule has 0 aromatic heterocycles. The maximum Gasteiger partial charge on any atom is 0.228 e. The zero-order valence-electron chi connectivity index (χ0n) is 9.99. The standard InChI is InChI=1S/C12H20ClNO2/c1-8-3-5-14(7-11(8)13)12(15)10-4-6-16-9(10)2/h8-11H,3-7H2,1-2H3. The number of carbonyl (C=O) groups excluding carboxylic acids is 1. The van der Waals surface area contributed by atoms with Crippen molar-refractivity contribution in [2.24, 2.45) is 11.8 Å². The van der Waals surface area contributed by atoms with Crippen molar-refractivity contribution < 1.29 is 9.53 Å². The largest absolute Gasteiger partial charge is 0.378 e. The van der Waals surface area contributed by atoms with E-state index in [4.69, 9.17) is 16.3 Å². The number of hydrogen-bond acceptors (Lipinski definition) is 2. The molecule has 4 atom stereocenters. The number of carbonyl (C=O) groups is 1. The van der Waals surface area contributed by atoms with Crippen LogP contribution in [0.3, 0.4) is 0 Å². The van der Waals surface area contributed by atoms with Crippen LogP contribution in [-0.2, 0) is 9.53 Å². The summed E-state index contributed by atoms with van der Waals surface area (Å²) in [5.74, 6) is 0.808. The van der Waals surface area contributed by atoms with Crippen LogP contribution in [0.15, 0.2) is 0 Å². The first kappa shape index (κ1) is 12.2. The Kier molecular flexibility index (Phi) is 3.75. The highest BCUT2D eigenvalue weighted by molar-refractivity contribution is 6.21. The van der Waals surface area contributed by atoms with E-state index in [1.165, 1.54) is 0 Å². The van der Waals surface area contributed by atoms with Gasteiger partial charge in [0.05, 0.1) is 17.4 Å². The minimum Gasteiger partial charge on any atom is -0.378 e. The lowest BCUT2D eigenvalue weighted by atomic mass is 9.95. The Bertz CT molecular complexity index is 272. The summed E-state index contributed by atoms with van der Waals surface area (Å²) < 4.78 is 5.44. The molecular formula is C12H20ClNO2. The van der Waals surface area contributed by atoms with Gasteiger partial charge in [0.15, 0.2) is 0 Å². The number of rotatable bonds is 1. The van der Waals surface area contributed by atoms with Gasteiger partial charge in [0.25, 0.3) is 0 Å². The summed E-state index contributed by atoms with van der Waals surface area (Å²) in [6.45, 7) is 6.41. The molecule has 0 aromatic carbocycles. The second kappa shape index (κ2) is 4.92. The smallest absolute Gasteiger partial charge is 0.228 e. The molecule has 2 aliphatic heterocycles. The van der Waals surface area contributed by atoms with Crippen molar-refractivity contribution in [3.63, 3.8) is 0 Å². The van der Waals surface area contributed by atoms with Gasteiger partial charge >= 0.3 is 0 Å².